The lowest BCUT2D eigenvalue weighted by molar-refractivity contribution is 0.0939. The number of fused-ring (bicyclic) bond motifs is 1. The van der Waals surface area contributed by atoms with Gasteiger partial charge >= 0.3 is 0 Å². The monoisotopic (exact) mass is 364 g/mol. The van der Waals surface area contributed by atoms with E-state index in [1.807, 2.05) is 47.9 Å². The maximum atomic E-state index is 12.8. The van der Waals surface area contributed by atoms with E-state index in [4.69, 9.17) is 13.6 Å². The molecule has 0 unspecified atom stereocenters. The molecule has 4 rings (SSSR count). The summed E-state index contributed by atoms with van der Waals surface area (Å²) in [5.74, 6) is 2.14. The Morgan fingerprint density at radius 3 is 2.70 bits per heavy atom. The molecular formula is C21H20N2O4. The summed E-state index contributed by atoms with van der Waals surface area (Å²) in [6, 6.07) is 15.1. The number of carbonyl (C=O) groups is 1. The summed E-state index contributed by atoms with van der Waals surface area (Å²) >= 11 is 0. The van der Waals surface area contributed by atoms with Crippen LogP contribution in [0.2, 0.25) is 0 Å². The first-order valence-corrected chi connectivity index (χ1v) is 8.67. The average Bonchev–Trinajstić information content (AvgIpc) is 3.38. The number of aryl methyl sites for hydroxylation is 1. The van der Waals surface area contributed by atoms with Gasteiger partial charge < -0.3 is 23.5 Å². The van der Waals surface area contributed by atoms with Crippen LogP contribution < -0.4 is 10.1 Å². The topological polar surface area (TPSA) is 69.5 Å². The number of methoxy groups -OCH3 is 1. The summed E-state index contributed by atoms with van der Waals surface area (Å²) in [6.07, 6.45) is 1.59. The molecule has 0 bridgehead atoms. The quantitative estimate of drug-likeness (QED) is 0.559. The third kappa shape index (κ3) is 3.46. The molecule has 138 valence electrons. The van der Waals surface area contributed by atoms with Gasteiger partial charge in [0.25, 0.3) is 5.91 Å². The fourth-order valence-electron chi connectivity index (χ4n) is 3.11. The fourth-order valence-corrected chi connectivity index (χ4v) is 3.11. The highest BCUT2D eigenvalue weighted by Gasteiger charge is 2.19. The van der Waals surface area contributed by atoms with Gasteiger partial charge in [0.2, 0.25) is 0 Å². The van der Waals surface area contributed by atoms with Crippen LogP contribution in [-0.2, 0) is 13.1 Å². The number of hydrogen-bond donors (Lipinski definition) is 1. The van der Waals surface area contributed by atoms with E-state index in [0.717, 1.165) is 22.6 Å². The van der Waals surface area contributed by atoms with Crippen LogP contribution in [0.4, 0.5) is 0 Å². The highest BCUT2D eigenvalue weighted by molar-refractivity contribution is 5.97. The number of furan rings is 2. The molecule has 1 aromatic carbocycles. The summed E-state index contributed by atoms with van der Waals surface area (Å²) in [4.78, 5) is 12.8. The van der Waals surface area contributed by atoms with Gasteiger partial charge in [-0.05, 0) is 36.8 Å². The number of hydrogen-bond acceptors (Lipinski definition) is 4. The normalized spacial score (nSPS) is 11.0. The van der Waals surface area contributed by atoms with Crippen molar-refractivity contribution in [3.8, 4) is 5.75 Å². The zero-order valence-corrected chi connectivity index (χ0v) is 15.2. The Bertz CT molecular complexity index is 1060. The molecule has 3 aromatic heterocycles. The van der Waals surface area contributed by atoms with Gasteiger partial charge in [-0.2, -0.15) is 0 Å². The van der Waals surface area contributed by atoms with E-state index in [-0.39, 0.29) is 5.91 Å². The van der Waals surface area contributed by atoms with Crippen LogP contribution in [0.3, 0.4) is 0 Å². The van der Waals surface area contributed by atoms with Crippen molar-refractivity contribution < 1.29 is 18.4 Å². The predicted octanol–water partition coefficient (Wildman–Crippen LogP) is 4.12. The number of aromatic nitrogens is 1. The molecule has 0 saturated heterocycles. The second-order valence-electron chi connectivity index (χ2n) is 6.33. The second kappa shape index (κ2) is 7.07. The Hall–Kier alpha value is -3.41. The number of rotatable bonds is 6. The number of ether oxygens (including phenoxy) is 1. The molecule has 1 amide bonds. The van der Waals surface area contributed by atoms with Crippen molar-refractivity contribution >= 4 is 17.0 Å². The van der Waals surface area contributed by atoms with Gasteiger partial charge in [-0.3, -0.25) is 4.79 Å². The third-order valence-corrected chi connectivity index (χ3v) is 4.45. The molecule has 0 radical (unpaired) electrons. The third-order valence-electron chi connectivity index (χ3n) is 4.45. The molecule has 0 atom stereocenters. The van der Waals surface area contributed by atoms with E-state index in [1.54, 1.807) is 25.5 Å². The lowest BCUT2D eigenvalue weighted by atomic mass is 10.2. The van der Waals surface area contributed by atoms with Gasteiger partial charge in [-0.15, -0.1) is 0 Å². The highest BCUT2D eigenvalue weighted by Crippen LogP contribution is 2.25. The standard InChI is InChI=1S/C21H20N2O4/c1-14-10-18-20(27-14)11-19(21(24)22-12-17-4-3-9-26-17)23(18)13-15-5-7-16(25-2)8-6-15/h3-11H,12-13H2,1-2H3,(H,22,24). The van der Waals surface area contributed by atoms with E-state index < -0.39 is 0 Å². The zero-order valence-electron chi connectivity index (χ0n) is 15.2. The summed E-state index contributed by atoms with van der Waals surface area (Å²) in [7, 11) is 1.64. The van der Waals surface area contributed by atoms with Crippen LogP contribution in [0, 0.1) is 6.92 Å². The largest absolute Gasteiger partial charge is 0.497 e. The minimum absolute atomic E-state index is 0.177. The van der Waals surface area contributed by atoms with Crippen molar-refractivity contribution in [2.24, 2.45) is 0 Å². The van der Waals surface area contributed by atoms with Crippen LogP contribution in [0.1, 0.15) is 27.6 Å². The van der Waals surface area contributed by atoms with E-state index >= 15 is 0 Å². The molecule has 6 heteroatoms. The lowest BCUT2D eigenvalue weighted by Crippen LogP contribution is -2.25. The molecule has 4 aromatic rings. The van der Waals surface area contributed by atoms with Crippen LogP contribution in [-0.4, -0.2) is 17.6 Å². The lowest BCUT2D eigenvalue weighted by Gasteiger charge is -2.11. The Balaban J connectivity index is 1.64. The van der Waals surface area contributed by atoms with Crippen LogP contribution in [0.25, 0.3) is 11.1 Å². The zero-order chi connectivity index (χ0) is 18.8. The molecule has 0 spiro atoms. The van der Waals surface area contributed by atoms with Crippen LogP contribution >= 0.6 is 0 Å². The van der Waals surface area contributed by atoms with Crippen LogP contribution in [0.15, 0.2) is 63.6 Å². The van der Waals surface area contributed by atoms with E-state index in [9.17, 15) is 4.79 Å². The number of nitrogens with one attached hydrogen (secondary N) is 1. The molecule has 0 aliphatic carbocycles. The predicted molar refractivity (Wildman–Crippen MR) is 101 cm³/mol. The smallest absolute Gasteiger partial charge is 0.268 e. The Morgan fingerprint density at radius 2 is 2.00 bits per heavy atom. The fraction of sp³-hybridized carbons (Fsp3) is 0.190. The summed E-state index contributed by atoms with van der Waals surface area (Å²) in [5, 5.41) is 2.90. The summed E-state index contributed by atoms with van der Waals surface area (Å²) < 4.78 is 18.2. The van der Waals surface area contributed by atoms with E-state index in [0.29, 0.717) is 30.1 Å². The first kappa shape index (κ1) is 17.0. The molecule has 3 heterocycles. The first-order valence-electron chi connectivity index (χ1n) is 8.67. The maximum Gasteiger partial charge on any atom is 0.268 e. The Morgan fingerprint density at radius 1 is 1.19 bits per heavy atom. The average molecular weight is 364 g/mol. The van der Waals surface area contributed by atoms with Gasteiger partial charge in [0.15, 0.2) is 5.58 Å². The van der Waals surface area contributed by atoms with Crippen molar-refractivity contribution in [2.75, 3.05) is 7.11 Å². The van der Waals surface area contributed by atoms with Crippen molar-refractivity contribution in [2.45, 2.75) is 20.0 Å². The minimum atomic E-state index is -0.177. The van der Waals surface area contributed by atoms with Crippen LogP contribution in [0.5, 0.6) is 5.75 Å². The number of carbonyl (C=O) groups excluding carboxylic acids is 1. The van der Waals surface area contributed by atoms with Crippen molar-refractivity contribution in [1.82, 2.24) is 9.88 Å². The molecule has 1 N–H and O–H groups in total. The van der Waals surface area contributed by atoms with E-state index in [2.05, 4.69) is 5.32 Å². The summed E-state index contributed by atoms with van der Waals surface area (Å²) in [6.45, 7) is 2.78. The highest BCUT2D eigenvalue weighted by atomic mass is 16.5. The molecule has 0 fully saturated rings. The number of amides is 1. The number of benzene rings is 1. The van der Waals surface area contributed by atoms with Gasteiger partial charge in [0.1, 0.15) is 23.0 Å². The van der Waals surface area contributed by atoms with Gasteiger partial charge in [0.05, 0.1) is 25.4 Å². The van der Waals surface area contributed by atoms with Crippen molar-refractivity contribution in [3.05, 3.63) is 77.6 Å². The van der Waals surface area contributed by atoms with Gasteiger partial charge in [0, 0.05) is 18.7 Å². The molecule has 0 aliphatic rings. The Kier molecular flexibility index (Phi) is 4.46. The maximum absolute atomic E-state index is 12.8. The minimum Gasteiger partial charge on any atom is -0.497 e. The number of nitrogens with zero attached hydrogens (tertiary/aromatic N) is 1. The SMILES string of the molecule is COc1ccc(Cn2c(C(=O)NCc3ccco3)cc3oc(C)cc32)cc1. The summed E-state index contributed by atoms with van der Waals surface area (Å²) in [5.41, 5.74) is 3.20. The molecule has 6 nitrogen and oxygen atoms in total. The van der Waals surface area contributed by atoms with Crippen molar-refractivity contribution in [3.63, 3.8) is 0 Å². The van der Waals surface area contributed by atoms with Gasteiger partial charge in [-0.25, -0.2) is 0 Å². The van der Waals surface area contributed by atoms with E-state index in [1.165, 1.54) is 0 Å². The first-order chi connectivity index (χ1) is 13.1. The van der Waals surface area contributed by atoms with Gasteiger partial charge in [-0.1, -0.05) is 12.1 Å². The van der Waals surface area contributed by atoms with Crippen molar-refractivity contribution in [1.29, 1.82) is 0 Å². The molecule has 27 heavy (non-hydrogen) atoms. The second-order valence-corrected chi connectivity index (χ2v) is 6.33. The molecular weight excluding hydrogens is 344 g/mol. The molecule has 0 saturated carbocycles. The Labute approximate surface area is 156 Å². The molecule has 0 aliphatic heterocycles.